The minimum atomic E-state index is -3.81. The summed E-state index contributed by atoms with van der Waals surface area (Å²) in [6, 6.07) is 5.31. The molecule has 0 amide bonds. The Hall–Kier alpha value is -2.53. The van der Waals surface area contributed by atoms with Crippen LogP contribution < -0.4 is 5.69 Å². The molecule has 0 N–H and O–H groups in total. The van der Waals surface area contributed by atoms with E-state index in [9.17, 15) is 23.3 Å². The van der Waals surface area contributed by atoms with Crippen molar-refractivity contribution in [2.45, 2.75) is 42.5 Å². The Morgan fingerprint density at radius 1 is 1.18 bits per heavy atom. The average molecular weight is 407 g/mol. The minimum absolute atomic E-state index is 0.0195. The van der Waals surface area contributed by atoms with Crippen LogP contribution in [-0.4, -0.2) is 45.1 Å². The van der Waals surface area contributed by atoms with E-state index in [2.05, 4.69) is 5.10 Å². The van der Waals surface area contributed by atoms with Crippen LogP contribution in [0.2, 0.25) is 0 Å². The Balaban J connectivity index is 1.53. The molecule has 0 unspecified atom stereocenters. The predicted molar refractivity (Wildman–Crippen MR) is 99.6 cm³/mol. The molecule has 0 bridgehead atoms. The fourth-order valence-corrected chi connectivity index (χ4v) is 5.22. The Kier molecular flexibility index (Phi) is 4.58. The van der Waals surface area contributed by atoms with Crippen molar-refractivity contribution in [2.75, 3.05) is 13.1 Å². The third-order valence-corrected chi connectivity index (χ3v) is 7.27. The van der Waals surface area contributed by atoms with Crippen LogP contribution in [0.25, 0.3) is 0 Å². The third-order valence-electron chi connectivity index (χ3n) is 5.38. The van der Waals surface area contributed by atoms with Gasteiger partial charge in [-0.2, -0.15) is 9.40 Å². The highest BCUT2D eigenvalue weighted by Crippen LogP contribution is 2.38. The van der Waals surface area contributed by atoms with E-state index < -0.39 is 14.9 Å². The maximum absolute atomic E-state index is 12.9. The number of nitro groups is 1. The van der Waals surface area contributed by atoms with Crippen LogP contribution >= 0.6 is 0 Å². The van der Waals surface area contributed by atoms with Gasteiger partial charge in [0.2, 0.25) is 10.0 Å². The maximum Gasteiger partial charge on any atom is 0.345 e. The molecule has 1 saturated heterocycles. The monoisotopic (exact) mass is 407 g/mol. The van der Waals surface area contributed by atoms with Gasteiger partial charge in [-0.1, -0.05) is 6.07 Å². The van der Waals surface area contributed by atoms with E-state index in [1.165, 1.54) is 27.2 Å². The van der Waals surface area contributed by atoms with Gasteiger partial charge in [0.1, 0.15) is 5.82 Å². The number of rotatable bonds is 5. The molecule has 2 aliphatic rings. The standard InChI is InChI=1S/C17H21N5O5S/c1-19-17(23)21(13-5-6-13)16(18-19)12-7-9-20(10-8-12)28(26,27)15-4-2-3-14(11-15)22(24)25/h2-4,11-13H,5-10H2,1H3. The lowest BCUT2D eigenvalue weighted by atomic mass is 9.97. The summed E-state index contributed by atoms with van der Waals surface area (Å²) in [6.45, 7) is 0.566. The third kappa shape index (κ3) is 3.24. The Morgan fingerprint density at radius 2 is 1.86 bits per heavy atom. The number of piperidine rings is 1. The molecule has 1 aromatic heterocycles. The number of hydrogen-bond acceptors (Lipinski definition) is 6. The predicted octanol–water partition coefficient (Wildman–Crippen LogP) is 1.39. The zero-order chi connectivity index (χ0) is 20.1. The molecule has 1 saturated carbocycles. The van der Waals surface area contributed by atoms with Crippen molar-refractivity contribution in [1.29, 1.82) is 0 Å². The van der Waals surface area contributed by atoms with Crippen LogP contribution in [-0.2, 0) is 17.1 Å². The zero-order valence-corrected chi connectivity index (χ0v) is 16.2. The van der Waals surface area contributed by atoms with Gasteiger partial charge in [0, 0.05) is 44.2 Å². The molecule has 4 rings (SSSR count). The van der Waals surface area contributed by atoms with Crippen LogP contribution in [0.5, 0.6) is 0 Å². The molecule has 1 aliphatic heterocycles. The lowest BCUT2D eigenvalue weighted by Gasteiger charge is -2.30. The first-order valence-corrected chi connectivity index (χ1v) is 10.6. The van der Waals surface area contributed by atoms with Crippen molar-refractivity contribution < 1.29 is 13.3 Å². The molecule has 150 valence electrons. The summed E-state index contributed by atoms with van der Waals surface area (Å²) in [5.74, 6) is 0.758. The second kappa shape index (κ2) is 6.82. The van der Waals surface area contributed by atoms with Crippen molar-refractivity contribution in [3.63, 3.8) is 0 Å². The van der Waals surface area contributed by atoms with Crippen molar-refractivity contribution in [1.82, 2.24) is 18.7 Å². The molecule has 1 aliphatic carbocycles. The van der Waals surface area contributed by atoms with Crippen LogP contribution in [0, 0.1) is 10.1 Å². The van der Waals surface area contributed by atoms with Gasteiger partial charge in [-0.25, -0.2) is 17.9 Å². The van der Waals surface area contributed by atoms with Crippen molar-refractivity contribution >= 4 is 15.7 Å². The Labute approximate surface area is 161 Å². The molecular formula is C17H21N5O5S. The summed E-state index contributed by atoms with van der Waals surface area (Å²) in [6.07, 6.45) is 3.05. The first-order chi connectivity index (χ1) is 13.3. The van der Waals surface area contributed by atoms with Crippen LogP contribution in [0.3, 0.4) is 0 Å². The van der Waals surface area contributed by atoms with E-state index in [1.54, 1.807) is 11.6 Å². The van der Waals surface area contributed by atoms with Gasteiger partial charge in [-0.3, -0.25) is 14.7 Å². The van der Waals surface area contributed by atoms with E-state index in [4.69, 9.17) is 0 Å². The second-order valence-electron chi connectivity index (χ2n) is 7.30. The number of nitrogens with zero attached hydrogens (tertiary/aromatic N) is 5. The molecule has 2 heterocycles. The van der Waals surface area contributed by atoms with Crippen molar-refractivity contribution in [3.8, 4) is 0 Å². The lowest BCUT2D eigenvalue weighted by Crippen LogP contribution is -2.38. The highest BCUT2D eigenvalue weighted by Gasteiger charge is 2.36. The van der Waals surface area contributed by atoms with Gasteiger partial charge in [-0.15, -0.1) is 0 Å². The fourth-order valence-electron chi connectivity index (χ4n) is 3.71. The summed E-state index contributed by atoms with van der Waals surface area (Å²) >= 11 is 0. The minimum Gasteiger partial charge on any atom is -0.276 e. The van der Waals surface area contributed by atoms with Crippen LogP contribution in [0.1, 0.15) is 43.5 Å². The van der Waals surface area contributed by atoms with Crippen molar-refractivity contribution in [2.24, 2.45) is 7.05 Å². The molecule has 2 aromatic rings. The van der Waals surface area contributed by atoms with Gasteiger partial charge in [0.05, 0.1) is 9.82 Å². The smallest absolute Gasteiger partial charge is 0.276 e. The first kappa shape index (κ1) is 18.8. The van der Waals surface area contributed by atoms with Crippen LogP contribution in [0.15, 0.2) is 34.0 Å². The number of aromatic nitrogens is 3. The van der Waals surface area contributed by atoms with E-state index in [0.717, 1.165) is 24.7 Å². The van der Waals surface area contributed by atoms with E-state index in [1.807, 2.05) is 0 Å². The van der Waals surface area contributed by atoms with Crippen molar-refractivity contribution in [3.05, 3.63) is 50.7 Å². The molecule has 11 heteroatoms. The van der Waals surface area contributed by atoms with E-state index in [-0.39, 0.29) is 41.3 Å². The van der Waals surface area contributed by atoms with Gasteiger partial charge in [-0.05, 0) is 31.7 Å². The maximum atomic E-state index is 12.9. The van der Waals surface area contributed by atoms with Gasteiger partial charge < -0.3 is 0 Å². The number of non-ortho nitro benzene ring substituents is 1. The van der Waals surface area contributed by atoms with Crippen LogP contribution in [0.4, 0.5) is 5.69 Å². The fraction of sp³-hybridized carbons (Fsp3) is 0.529. The zero-order valence-electron chi connectivity index (χ0n) is 15.4. The number of aryl methyl sites for hydroxylation is 1. The van der Waals surface area contributed by atoms with Gasteiger partial charge in [0.25, 0.3) is 5.69 Å². The average Bonchev–Trinajstić information content (AvgIpc) is 3.48. The summed E-state index contributed by atoms with van der Waals surface area (Å²) in [7, 11) is -2.17. The molecule has 0 radical (unpaired) electrons. The molecule has 28 heavy (non-hydrogen) atoms. The molecule has 1 aromatic carbocycles. The molecule has 2 fully saturated rings. The number of benzene rings is 1. The highest BCUT2D eigenvalue weighted by atomic mass is 32.2. The number of sulfonamides is 1. The van der Waals surface area contributed by atoms with Gasteiger partial charge in [0.15, 0.2) is 0 Å². The SMILES string of the molecule is Cn1nc(C2CCN(S(=O)(=O)c3cccc([N+](=O)[O-])c3)CC2)n(C2CC2)c1=O. The summed E-state index contributed by atoms with van der Waals surface area (Å²) in [4.78, 5) is 22.6. The van der Waals surface area contributed by atoms with E-state index in [0.29, 0.717) is 12.8 Å². The Bertz CT molecular complexity index is 1080. The normalized spacial score (nSPS) is 19.0. The summed E-state index contributed by atoms with van der Waals surface area (Å²) in [5, 5.41) is 15.3. The molecule has 0 atom stereocenters. The number of nitro benzene ring substituents is 1. The quantitative estimate of drug-likeness (QED) is 0.546. The Morgan fingerprint density at radius 3 is 2.46 bits per heavy atom. The second-order valence-corrected chi connectivity index (χ2v) is 9.24. The van der Waals surface area contributed by atoms with E-state index >= 15 is 0 Å². The largest absolute Gasteiger partial charge is 0.345 e. The van der Waals surface area contributed by atoms with Gasteiger partial charge >= 0.3 is 5.69 Å². The molecular weight excluding hydrogens is 386 g/mol. The molecule has 0 spiro atoms. The summed E-state index contributed by atoms with van der Waals surface area (Å²) < 4.78 is 30.2. The topological polar surface area (TPSA) is 120 Å². The highest BCUT2D eigenvalue weighted by molar-refractivity contribution is 7.89. The lowest BCUT2D eigenvalue weighted by molar-refractivity contribution is -0.385. The first-order valence-electron chi connectivity index (χ1n) is 9.19. The number of hydrogen-bond donors (Lipinski definition) is 0. The summed E-state index contributed by atoms with van der Waals surface area (Å²) in [5.41, 5.74) is -0.373. The molecule has 10 nitrogen and oxygen atoms in total.